The molecular weight excluding hydrogens is 320 g/mol. The molecule has 1 amide bonds. The van der Waals surface area contributed by atoms with E-state index in [1.54, 1.807) is 22.9 Å². The highest BCUT2D eigenvalue weighted by Gasteiger charge is 2.28. The number of rotatable bonds is 7. The molecule has 0 unspecified atom stereocenters. The molecule has 0 bridgehead atoms. The van der Waals surface area contributed by atoms with Gasteiger partial charge in [-0.15, -0.1) is 5.10 Å². The molecule has 132 valence electrons. The second-order valence-electron chi connectivity index (χ2n) is 6.14. The van der Waals surface area contributed by atoms with Crippen LogP contribution in [-0.4, -0.2) is 39.5 Å². The summed E-state index contributed by atoms with van der Waals surface area (Å²) in [6.07, 6.45) is 6.73. The smallest absolute Gasteiger partial charge is 0.328 e. The van der Waals surface area contributed by atoms with E-state index in [4.69, 9.17) is 4.74 Å². The second-order valence-corrected chi connectivity index (χ2v) is 6.14. The van der Waals surface area contributed by atoms with Crippen molar-refractivity contribution in [2.24, 2.45) is 0 Å². The molecule has 0 radical (unpaired) electrons. The molecule has 1 N–H and O–H groups in total. The van der Waals surface area contributed by atoms with E-state index in [9.17, 15) is 9.59 Å². The summed E-state index contributed by atoms with van der Waals surface area (Å²) in [7, 11) is 0. The Morgan fingerprint density at radius 2 is 2.28 bits per heavy atom. The molecule has 25 heavy (non-hydrogen) atoms. The van der Waals surface area contributed by atoms with E-state index < -0.39 is 6.04 Å². The molecule has 0 saturated carbocycles. The summed E-state index contributed by atoms with van der Waals surface area (Å²) < 4.78 is 6.53. The zero-order valence-electron chi connectivity index (χ0n) is 14.3. The lowest BCUT2D eigenvalue weighted by molar-refractivity contribution is -0.139. The topological polar surface area (TPSA) is 86.1 Å². The number of hydrogen-bond acceptors (Lipinski definition) is 5. The molecule has 1 aromatic heterocycles. The van der Waals surface area contributed by atoms with Gasteiger partial charge < -0.3 is 10.1 Å². The molecule has 2 heterocycles. The maximum atomic E-state index is 12.3. The van der Waals surface area contributed by atoms with Gasteiger partial charge in [0, 0.05) is 12.0 Å². The Morgan fingerprint density at radius 3 is 3.04 bits per heavy atom. The first-order chi connectivity index (χ1) is 12.2. The molecule has 2 aromatic rings. The zero-order chi connectivity index (χ0) is 17.6. The number of benzene rings is 1. The molecular formula is C18H22N4O3. The lowest BCUT2D eigenvalue weighted by Gasteiger charge is -2.09. The maximum absolute atomic E-state index is 12.3. The maximum Gasteiger partial charge on any atom is 0.328 e. The molecule has 7 heteroatoms. The first-order valence-corrected chi connectivity index (χ1v) is 8.66. The van der Waals surface area contributed by atoms with Crippen molar-refractivity contribution >= 4 is 11.9 Å². The van der Waals surface area contributed by atoms with Crippen molar-refractivity contribution < 1.29 is 14.3 Å². The molecule has 0 aliphatic carbocycles. The Kier molecular flexibility index (Phi) is 5.42. The van der Waals surface area contributed by atoms with Gasteiger partial charge in [0.2, 0.25) is 0 Å². The minimum absolute atomic E-state index is 0.297. The number of amides is 1. The number of nitrogens with one attached hydrogen (secondary N) is 1. The average molecular weight is 342 g/mol. The van der Waals surface area contributed by atoms with Gasteiger partial charge in [0.25, 0.3) is 5.91 Å². The molecule has 1 aliphatic heterocycles. The SMILES string of the molecule is CCCCCc1cn(-c2cccc(C(=O)N[C@H]3CCOC3=O)c2)nn1. The molecule has 1 fully saturated rings. The molecule has 3 rings (SSSR count). The van der Waals surface area contributed by atoms with Crippen LogP contribution in [0.25, 0.3) is 5.69 Å². The lowest BCUT2D eigenvalue weighted by Crippen LogP contribution is -2.37. The van der Waals surface area contributed by atoms with Crippen LogP contribution in [0.4, 0.5) is 0 Å². The van der Waals surface area contributed by atoms with Crippen LogP contribution in [0.5, 0.6) is 0 Å². The molecule has 1 aromatic carbocycles. The molecule has 1 aliphatic rings. The van der Waals surface area contributed by atoms with Crippen molar-refractivity contribution in [3.63, 3.8) is 0 Å². The fraction of sp³-hybridized carbons (Fsp3) is 0.444. The van der Waals surface area contributed by atoms with Crippen LogP contribution >= 0.6 is 0 Å². The Morgan fingerprint density at radius 1 is 1.40 bits per heavy atom. The van der Waals surface area contributed by atoms with Crippen LogP contribution in [0, 0.1) is 0 Å². The summed E-state index contributed by atoms with van der Waals surface area (Å²) in [5.41, 5.74) is 2.17. The van der Waals surface area contributed by atoms with Gasteiger partial charge in [-0.2, -0.15) is 0 Å². The van der Waals surface area contributed by atoms with E-state index >= 15 is 0 Å². The minimum atomic E-state index is -0.562. The number of aromatic nitrogens is 3. The van der Waals surface area contributed by atoms with Crippen molar-refractivity contribution in [3.05, 3.63) is 41.7 Å². The van der Waals surface area contributed by atoms with E-state index in [0.29, 0.717) is 18.6 Å². The quantitative estimate of drug-likeness (QED) is 0.615. The van der Waals surface area contributed by atoms with Crippen LogP contribution in [0.3, 0.4) is 0 Å². The van der Waals surface area contributed by atoms with Crippen LogP contribution in [0.1, 0.15) is 48.7 Å². The highest BCUT2D eigenvalue weighted by atomic mass is 16.5. The first kappa shape index (κ1) is 17.1. The number of nitrogens with zero attached hydrogens (tertiary/aromatic N) is 3. The molecule has 7 nitrogen and oxygen atoms in total. The monoisotopic (exact) mass is 342 g/mol. The summed E-state index contributed by atoms with van der Waals surface area (Å²) in [6, 6.07) is 6.53. The van der Waals surface area contributed by atoms with Gasteiger partial charge in [0.1, 0.15) is 6.04 Å². The van der Waals surface area contributed by atoms with E-state index in [1.807, 2.05) is 12.3 Å². The van der Waals surface area contributed by atoms with E-state index in [-0.39, 0.29) is 11.9 Å². The largest absolute Gasteiger partial charge is 0.464 e. The standard InChI is InChI=1S/C18H22N4O3/c1-2-3-4-7-14-12-22(21-20-14)15-8-5-6-13(11-15)17(23)19-16-9-10-25-18(16)24/h5-6,8,11-12,16H,2-4,7,9-10H2,1H3,(H,19,23)/t16-/m0/s1. The fourth-order valence-electron chi connectivity index (χ4n) is 2.75. The number of carbonyl (C=O) groups excluding carboxylic acids is 2. The fourth-order valence-corrected chi connectivity index (χ4v) is 2.75. The molecule has 1 atom stereocenters. The third-order valence-electron chi connectivity index (χ3n) is 4.19. The third-order valence-corrected chi connectivity index (χ3v) is 4.19. The Labute approximate surface area is 146 Å². The predicted molar refractivity (Wildman–Crippen MR) is 91.4 cm³/mol. The average Bonchev–Trinajstić information content (AvgIpc) is 3.25. The summed E-state index contributed by atoms with van der Waals surface area (Å²) in [6.45, 7) is 2.52. The number of unbranched alkanes of at least 4 members (excludes halogenated alkanes) is 2. The highest BCUT2D eigenvalue weighted by molar-refractivity contribution is 5.97. The van der Waals surface area contributed by atoms with Gasteiger partial charge in [-0.1, -0.05) is 31.0 Å². The van der Waals surface area contributed by atoms with Crippen LogP contribution in [0.2, 0.25) is 0 Å². The summed E-state index contributed by atoms with van der Waals surface area (Å²) >= 11 is 0. The zero-order valence-corrected chi connectivity index (χ0v) is 14.3. The summed E-state index contributed by atoms with van der Waals surface area (Å²) in [5.74, 6) is -0.675. The second kappa shape index (κ2) is 7.92. The number of ether oxygens (including phenoxy) is 1. The van der Waals surface area contributed by atoms with Gasteiger partial charge in [-0.25, -0.2) is 9.48 Å². The van der Waals surface area contributed by atoms with E-state index in [1.165, 1.54) is 12.8 Å². The Balaban J connectivity index is 1.68. The van der Waals surface area contributed by atoms with Gasteiger partial charge in [0.15, 0.2) is 0 Å². The third kappa shape index (κ3) is 4.23. The minimum Gasteiger partial charge on any atom is -0.464 e. The number of hydrogen-bond donors (Lipinski definition) is 1. The van der Waals surface area contributed by atoms with Gasteiger partial charge in [-0.3, -0.25) is 4.79 Å². The van der Waals surface area contributed by atoms with Gasteiger partial charge in [0.05, 0.1) is 24.2 Å². The van der Waals surface area contributed by atoms with Crippen molar-refractivity contribution in [1.82, 2.24) is 20.3 Å². The van der Waals surface area contributed by atoms with Crippen molar-refractivity contribution in [1.29, 1.82) is 0 Å². The van der Waals surface area contributed by atoms with E-state index in [2.05, 4.69) is 22.6 Å². The predicted octanol–water partition coefficient (Wildman–Crippen LogP) is 2.05. The van der Waals surface area contributed by atoms with Crippen LogP contribution < -0.4 is 5.32 Å². The normalized spacial score (nSPS) is 16.7. The highest BCUT2D eigenvalue weighted by Crippen LogP contribution is 2.13. The van der Waals surface area contributed by atoms with Crippen LogP contribution in [-0.2, 0) is 16.0 Å². The lowest BCUT2D eigenvalue weighted by atomic mass is 10.1. The van der Waals surface area contributed by atoms with Crippen molar-refractivity contribution in [2.75, 3.05) is 6.61 Å². The van der Waals surface area contributed by atoms with Crippen LogP contribution in [0.15, 0.2) is 30.5 Å². The summed E-state index contributed by atoms with van der Waals surface area (Å²) in [5, 5.41) is 11.0. The summed E-state index contributed by atoms with van der Waals surface area (Å²) in [4.78, 5) is 23.8. The van der Waals surface area contributed by atoms with Crippen molar-refractivity contribution in [3.8, 4) is 5.69 Å². The number of cyclic esters (lactones) is 1. The molecule has 1 saturated heterocycles. The number of esters is 1. The Hall–Kier alpha value is -2.70. The number of aryl methyl sites for hydroxylation is 1. The van der Waals surface area contributed by atoms with Gasteiger partial charge >= 0.3 is 5.97 Å². The van der Waals surface area contributed by atoms with E-state index in [0.717, 1.165) is 24.2 Å². The molecule has 0 spiro atoms. The number of carbonyl (C=O) groups is 2. The van der Waals surface area contributed by atoms with Crippen molar-refractivity contribution in [2.45, 2.75) is 45.1 Å². The Bertz CT molecular complexity index is 756. The first-order valence-electron chi connectivity index (χ1n) is 8.66. The van der Waals surface area contributed by atoms with Gasteiger partial charge in [-0.05, 0) is 31.0 Å².